The van der Waals surface area contributed by atoms with Crippen LogP contribution < -0.4 is 10.1 Å². The molecule has 0 atom stereocenters. The average molecular weight is 297 g/mol. The van der Waals surface area contributed by atoms with E-state index in [1.54, 1.807) is 18.2 Å². The molecule has 0 bridgehead atoms. The molecule has 0 fully saturated rings. The van der Waals surface area contributed by atoms with E-state index in [1.807, 2.05) is 0 Å². The zero-order valence-electron chi connectivity index (χ0n) is 11.2. The number of phenols is 1. The van der Waals surface area contributed by atoms with Crippen LogP contribution in [0.5, 0.6) is 11.5 Å². The van der Waals surface area contributed by atoms with Crippen molar-refractivity contribution in [2.75, 3.05) is 12.4 Å². The Bertz CT molecular complexity index is 627. The molecule has 0 saturated heterocycles. The summed E-state index contributed by atoms with van der Waals surface area (Å²) in [6.45, 7) is 0.218. The van der Waals surface area contributed by atoms with Crippen LogP contribution in [-0.2, 0) is 12.7 Å². The summed E-state index contributed by atoms with van der Waals surface area (Å²) in [4.78, 5) is 0. The van der Waals surface area contributed by atoms with Crippen LogP contribution >= 0.6 is 0 Å². The summed E-state index contributed by atoms with van der Waals surface area (Å²) in [5.74, 6) is 0.297. The Balaban J connectivity index is 2.08. The predicted octanol–water partition coefficient (Wildman–Crippen LogP) is 4.03. The van der Waals surface area contributed by atoms with Crippen molar-refractivity contribution in [2.24, 2.45) is 0 Å². The second kappa shape index (κ2) is 5.95. The van der Waals surface area contributed by atoms with E-state index in [-0.39, 0.29) is 12.3 Å². The van der Waals surface area contributed by atoms with Gasteiger partial charge in [-0.1, -0.05) is 12.1 Å². The number of halogens is 3. The van der Waals surface area contributed by atoms with Crippen molar-refractivity contribution in [1.29, 1.82) is 0 Å². The first-order chi connectivity index (χ1) is 9.90. The third kappa shape index (κ3) is 3.81. The zero-order chi connectivity index (χ0) is 15.5. The number of benzene rings is 2. The summed E-state index contributed by atoms with van der Waals surface area (Å²) >= 11 is 0. The van der Waals surface area contributed by atoms with Crippen LogP contribution in [0.2, 0.25) is 0 Å². The maximum atomic E-state index is 12.6. The number of anilines is 1. The van der Waals surface area contributed by atoms with Crippen molar-refractivity contribution in [3.05, 3.63) is 53.6 Å². The first-order valence-electron chi connectivity index (χ1n) is 6.17. The molecule has 0 spiro atoms. The fraction of sp³-hybridized carbons (Fsp3) is 0.200. The molecule has 0 radical (unpaired) electrons. The second-order valence-electron chi connectivity index (χ2n) is 4.44. The van der Waals surface area contributed by atoms with Gasteiger partial charge in [0.2, 0.25) is 0 Å². The second-order valence-corrected chi connectivity index (χ2v) is 4.44. The summed E-state index contributed by atoms with van der Waals surface area (Å²) in [6, 6.07) is 9.79. The Morgan fingerprint density at radius 1 is 1.14 bits per heavy atom. The molecule has 6 heteroatoms. The SMILES string of the molecule is COc1ccc(NCc2cccc(C(F)(F)F)c2)cc1O. The van der Waals surface area contributed by atoms with E-state index < -0.39 is 11.7 Å². The quantitative estimate of drug-likeness (QED) is 0.895. The molecule has 0 aliphatic heterocycles. The maximum absolute atomic E-state index is 12.6. The Labute approximate surface area is 120 Å². The van der Waals surface area contributed by atoms with Gasteiger partial charge in [-0.15, -0.1) is 0 Å². The van der Waals surface area contributed by atoms with Crippen molar-refractivity contribution >= 4 is 5.69 Å². The third-order valence-corrected chi connectivity index (χ3v) is 2.93. The van der Waals surface area contributed by atoms with Crippen molar-refractivity contribution < 1.29 is 23.0 Å². The number of hydrogen-bond acceptors (Lipinski definition) is 3. The van der Waals surface area contributed by atoms with Crippen LogP contribution in [0.25, 0.3) is 0 Å². The molecule has 0 aliphatic rings. The highest BCUT2D eigenvalue weighted by Crippen LogP contribution is 2.30. The highest BCUT2D eigenvalue weighted by Gasteiger charge is 2.30. The molecule has 3 nitrogen and oxygen atoms in total. The number of rotatable bonds is 4. The molecule has 0 unspecified atom stereocenters. The minimum atomic E-state index is -4.35. The van der Waals surface area contributed by atoms with Gasteiger partial charge < -0.3 is 15.2 Å². The van der Waals surface area contributed by atoms with E-state index in [0.717, 1.165) is 12.1 Å². The molecule has 0 heterocycles. The van der Waals surface area contributed by atoms with E-state index in [2.05, 4.69) is 5.32 Å². The minimum absolute atomic E-state index is 0.0356. The van der Waals surface area contributed by atoms with Crippen molar-refractivity contribution in [2.45, 2.75) is 12.7 Å². The van der Waals surface area contributed by atoms with Crippen LogP contribution in [0.3, 0.4) is 0 Å². The largest absolute Gasteiger partial charge is 0.504 e. The molecule has 0 saturated carbocycles. The van der Waals surface area contributed by atoms with Gasteiger partial charge in [0.05, 0.1) is 12.7 Å². The number of ether oxygens (including phenoxy) is 1. The lowest BCUT2D eigenvalue weighted by molar-refractivity contribution is -0.137. The molecular weight excluding hydrogens is 283 g/mol. The number of phenolic OH excluding ortho intramolecular Hbond substituents is 1. The third-order valence-electron chi connectivity index (χ3n) is 2.93. The fourth-order valence-electron chi connectivity index (χ4n) is 1.86. The van der Waals surface area contributed by atoms with E-state index in [1.165, 1.54) is 19.2 Å². The standard InChI is InChI=1S/C15H14F3NO2/c1-21-14-6-5-12(8-13(14)20)19-9-10-3-2-4-11(7-10)15(16,17)18/h2-8,19-20H,9H2,1H3. The van der Waals surface area contributed by atoms with Crippen LogP contribution in [0, 0.1) is 0 Å². The van der Waals surface area contributed by atoms with Crippen LogP contribution in [0.4, 0.5) is 18.9 Å². The molecule has 2 aromatic rings. The van der Waals surface area contributed by atoms with Crippen molar-refractivity contribution in [3.8, 4) is 11.5 Å². The minimum Gasteiger partial charge on any atom is -0.504 e. The topological polar surface area (TPSA) is 41.5 Å². The molecule has 2 rings (SSSR count). The summed E-state index contributed by atoms with van der Waals surface area (Å²) in [5.41, 5.74) is 0.408. The van der Waals surface area contributed by atoms with Crippen molar-refractivity contribution in [1.82, 2.24) is 0 Å². The van der Waals surface area contributed by atoms with Crippen LogP contribution in [0.15, 0.2) is 42.5 Å². The number of nitrogens with one attached hydrogen (secondary N) is 1. The first kappa shape index (κ1) is 15.0. The summed E-state index contributed by atoms with van der Waals surface area (Å²) in [5, 5.41) is 12.6. The van der Waals surface area contributed by atoms with Gasteiger partial charge in [-0.2, -0.15) is 13.2 Å². The molecule has 21 heavy (non-hydrogen) atoms. The predicted molar refractivity (Wildman–Crippen MR) is 73.4 cm³/mol. The van der Waals surface area contributed by atoms with Gasteiger partial charge in [-0.05, 0) is 29.8 Å². The molecule has 0 amide bonds. The van der Waals surface area contributed by atoms with Gasteiger partial charge in [0.1, 0.15) is 0 Å². The highest BCUT2D eigenvalue weighted by molar-refractivity contribution is 5.54. The highest BCUT2D eigenvalue weighted by atomic mass is 19.4. The normalized spacial score (nSPS) is 11.2. The van der Waals surface area contributed by atoms with Crippen LogP contribution in [-0.4, -0.2) is 12.2 Å². The van der Waals surface area contributed by atoms with Gasteiger partial charge in [0.15, 0.2) is 11.5 Å². The maximum Gasteiger partial charge on any atom is 0.416 e. The van der Waals surface area contributed by atoms with E-state index in [0.29, 0.717) is 17.0 Å². The van der Waals surface area contributed by atoms with Gasteiger partial charge in [-0.25, -0.2) is 0 Å². The Morgan fingerprint density at radius 3 is 2.52 bits per heavy atom. The lowest BCUT2D eigenvalue weighted by Gasteiger charge is -2.11. The molecular formula is C15H14F3NO2. The van der Waals surface area contributed by atoms with Crippen LogP contribution in [0.1, 0.15) is 11.1 Å². The lowest BCUT2D eigenvalue weighted by Crippen LogP contribution is -2.06. The fourth-order valence-corrected chi connectivity index (χ4v) is 1.86. The monoisotopic (exact) mass is 297 g/mol. The lowest BCUT2D eigenvalue weighted by atomic mass is 10.1. The smallest absolute Gasteiger partial charge is 0.416 e. The van der Waals surface area contributed by atoms with E-state index >= 15 is 0 Å². The van der Waals surface area contributed by atoms with E-state index in [4.69, 9.17) is 4.74 Å². The summed E-state index contributed by atoms with van der Waals surface area (Å²) in [7, 11) is 1.44. The number of aromatic hydroxyl groups is 1. The Hall–Kier alpha value is -2.37. The number of methoxy groups -OCH3 is 1. The van der Waals surface area contributed by atoms with Crippen molar-refractivity contribution in [3.63, 3.8) is 0 Å². The van der Waals surface area contributed by atoms with Gasteiger partial charge in [0.25, 0.3) is 0 Å². The zero-order valence-corrected chi connectivity index (χ0v) is 11.2. The van der Waals surface area contributed by atoms with Gasteiger partial charge in [0, 0.05) is 18.3 Å². The molecule has 112 valence electrons. The van der Waals surface area contributed by atoms with Gasteiger partial charge >= 0.3 is 6.18 Å². The number of alkyl halides is 3. The average Bonchev–Trinajstić information content (AvgIpc) is 2.45. The van der Waals surface area contributed by atoms with Gasteiger partial charge in [-0.3, -0.25) is 0 Å². The summed E-state index contributed by atoms with van der Waals surface area (Å²) < 4.78 is 42.7. The number of hydrogen-bond donors (Lipinski definition) is 2. The van der Waals surface area contributed by atoms with E-state index in [9.17, 15) is 18.3 Å². The molecule has 2 aromatic carbocycles. The molecule has 2 N–H and O–H groups in total. The Kier molecular flexibility index (Phi) is 4.26. The molecule has 0 aromatic heterocycles. The summed E-state index contributed by atoms with van der Waals surface area (Å²) in [6.07, 6.45) is -4.35. The first-order valence-corrected chi connectivity index (χ1v) is 6.17. The molecule has 0 aliphatic carbocycles. The Morgan fingerprint density at radius 2 is 1.90 bits per heavy atom.